The minimum absolute atomic E-state index is 0.889. The Bertz CT molecular complexity index is 171. The lowest BCUT2D eigenvalue weighted by Crippen LogP contribution is -2.30. The summed E-state index contributed by atoms with van der Waals surface area (Å²) in [5, 5.41) is 3.16. The number of H-pyrrole nitrogens is 1. The van der Waals surface area contributed by atoms with Crippen LogP contribution in [0.2, 0.25) is 0 Å². The Morgan fingerprint density at radius 1 is 1.42 bits per heavy atom. The molecule has 2 heterocycles. The summed E-state index contributed by atoms with van der Waals surface area (Å²) in [6, 6.07) is 0. The third kappa shape index (κ3) is 4.10. The molecule has 0 aliphatic carbocycles. The number of aromatic amines is 1. The first-order chi connectivity index (χ1) is 5.89. The van der Waals surface area contributed by atoms with Crippen LogP contribution in [-0.2, 0) is 4.74 Å². The maximum Gasteiger partial charge on any atom is 0.102 e. The first-order valence-corrected chi connectivity index (χ1v) is 4.14. The second kappa shape index (κ2) is 5.74. The van der Waals surface area contributed by atoms with Gasteiger partial charge in [-0.25, -0.2) is 4.98 Å². The molecule has 0 spiro atoms. The Balaban J connectivity index is 0.000000120. The Labute approximate surface area is 72.3 Å². The number of nitrogens with zero attached hydrogens (tertiary/aromatic N) is 1. The van der Waals surface area contributed by atoms with Crippen molar-refractivity contribution in [3.63, 3.8) is 0 Å². The van der Waals surface area contributed by atoms with E-state index in [2.05, 4.69) is 15.3 Å². The van der Waals surface area contributed by atoms with Gasteiger partial charge < -0.3 is 15.0 Å². The van der Waals surface area contributed by atoms with Crippen LogP contribution in [0.4, 0.5) is 0 Å². The lowest BCUT2D eigenvalue weighted by atomic mass is 10.5. The molecule has 0 unspecified atom stereocenters. The maximum absolute atomic E-state index is 5.01. The molecule has 0 saturated carbocycles. The molecule has 0 atom stereocenters. The van der Waals surface area contributed by atoms with Crippen LogP contribution in [-0.4, -0.2) is 36.3 Å². The molecule has 2 rings (SSSR count). The summed E-state index contributed by atoms with van der Waals surface area (Å²) >= 11 is 0. The molecule has 4 heteroatoms. The summed E-state index contributed by atoms with van der Waals surface area (Å²) in [5.74, 6) is 0.968. The average Bonchev–Trinajstić information content (AvgIpc) is 2.60. The maximum atomic E-state index is 5.01. The van der Waals surface area contributed by atoms with Crippen molar-refractivity contribution >= 4 is 0 Å². The van der Waals surface area contributed by atoms with Crippen LogP contribution in [0, 0.1) is 6.92 Å². The number of morpholine rings is 1. The lowest BCUT2D eigenvalue weighted by Gasteiger charge is -2.10. The van der Waals surface area contributed by atoms with Crippen LogP contribution in [0.25, 0.3) is 0 Å². The molecule has 1 fully saturated rings. The molecule has 1 aromatic rings. The van der Waals surface area contributed by atoms with Gasteiger partial charge >= 0.3 is 0 Å². The SMILES string of the molecule is C1COCCN1.Cc1ncc[nH]1. The largest absolute Gasteiger partial charge is 0.379 e. The highest BCUT2D eigenvalue weighted by molar-refractivity contribution is 4.80. The van der Waals surface area contributed by atoms with Crippen molar-refractivity contribution in [2.45, 2.75) is 6.92 Å². The predicted molar refractivity (Wildman–Crippen MR) is 47.0 cm³/mol. The minimum atomic E-state index is 0.889. The monoisotopic (exact) mass is 169 g/mol. The zero-order valence-electron chi connectivity index (χ0n) is 7.34. The first kappa shape index (κ1) is 9.22. The fraction of sp³-hybridized carbons (Fsp3) is 0.625. The van der Waals surface area contributed by atoms with Gasteiger partial charge in [0.15, 0.2) is 0 Å². The van der Waals surface area contributed by atoms with Gasteiger partial charge in [-0.15, -0.1) is 0 Å². The molecule has 2 N–H and O–H groups in total. The molecule has 12 heavy (non-hydrogen) atoms. The molecule has 0 amide bonds. The third-order valence-corrected chi connectivity index (χ3v) is 1.48. The fourth-order valence-corrected chi connectivity index (χ4v) is 0.860. The Morgan fingerprint density at radius 2 is 2.17 bits per heavy atom. The van der Waals surface area contributed by atoms with E-state index in [1.54, 1.807) is 12.4 Å². The van der Waals surface area contributed by atoms with Crippen LogP contribution in [0.1, 0.15) is 5.82 Å². The molecule has 0 radical (unpaired) electrons. The van der Waals surface area contributed by atoms with Gasteiger partial charge in [-0.2, -0.15) is 0 Å². The molecule has 1 aromatic heterocycles. The van der Waals surface area contributed by atoms with E-state index in [0.717, 1.165) is 32.1 Å². The summed E-state index contributed by atoms with van der Waals surface area (Å²) in [5.41, 5.74) is 0. The zero-order valence-corrected chi connectivity index (χ0v) is 7.34. The fourth-order valence-electron chi connectivity index (χ4n) is 0.860. The number of aryl methyl sites for hydroxylation is 1. The molecular weight excluding hydrogens is 154 g/mol. The quantitative estimate of drug-likeness (QED) is 0.588. The van der Waals surface area contributed by atoms with Crippen molar-refractivity contribution < 1.29 is 4.74 Å². The van der Waals surface area contributed by atoms with Crippen LogP contribution in [0.5, 0.6) is 0 Å². The van der Waals surface area contributed by atoms with Gasteiger partial charge in [0.1, 0.15) is 5.82 Å². The highest BCUT2D eigenvalue weighted by Gasteiger charge is 1.92. The predicted octanol–water partition coefficient (Wildman–Crippen LogP) is 0.324. The molecule has 1 aliphatic heterocycles. The highest BCUT2D eigenvalue weighted by Crippen LogP contribution is 1.78. The number of aromatic nitrogens is 2. The normalized spacial score (nSPS) is 16.4. The molecule has 68 valence electrons. The standard InChI is InChI=1S/C4H6N2.C4H9NO/c1-4-5-2-3-6-4;1-3-6-4-2-5-1/h2-3H,1H3,(H,5,6);5H,1-4H2. The Hall–Kier alpha value is -0.870. The van der Waals surface area contributed by atoms with E-state index in [1.807, 2.05) is 6.92 Å². The second-order valence-electron chi connectivity index (χ2n) is 2.54. The van der Waals surface area contributed by atoms with Gasteiger partial charge in [-0.3, -0.25) is 0 Å². The molecule has 1 saturated heterocycles. The zero-order chi connectivity index (χ0) is 8.65. The van der Waals surface area contributed by atoms with Crippen LogP contribution in [0.3, 0.4) is 0 Å². The topological polar surface area (TPSA) is 49.9 Å². The Morgan fingerprint density at radius 3 is 2.33 bits per heavy atom. The first-order valence-electron chi connectivity index (χ1n) is 4.14. The van der Waals surface area contributed by atoms with E-state index in [1.165, 1.54) is 0 Å². The van der Waals surface area contributed by atoms with Gasteiger partial charge in [0.2, 0.25) is 0 Å². The van der Waals surface area contributed by atoms with Gasteiger partial charge in [0.25, 0.3) is 0 Å². The van der Waals surface area contributed by atoms with Crippen molar-refractivity contribution in [2.75, 3.05) is 26.3 Å². The minimum Gasteiger partial charge on any atom is -0.379 e. The van der Waals surface area contributed by atoms with Crippen LogP contribution in [0.15, 0.2) is 12.4 Å². The summed E-state index contributed by atoms with van der Waals surface area (Å²) in [6.45, 7) is 5.75. The van der Waals surface area contributed by atoms with Gasteiger partial charge in [-0.05, 0) is 6.92 Å². The van der Waals surface area contributed by atoms with Crippen molar-refractivity contribution in [1.29, 1.82) is 0 Å². The van der Waals surface area contributed by atoms with Gasteiger partial charge in [0, 0.05) is 25.5 Å². The van der Waals surface area contributed by atoms with Crippen molar-refractivity contribution in [2.24, 2.45) is 0 Å². The molecule has 0 bridgehead atoms. The van der Waals surface area contributed by atoms with Crippen molar-refractivity contribution in [1.82, 2.24) is 15.3 Å². The summed E-state index contributed by atoms with van der Waals surface area (Å²) in [4.78, 5) is 6.75. The highest BCUT2D eigenvalue weighted by atomic mass is 16.5. The molecule has 4 nitrogen and oxygen atoms in total. The van der Waals surface area contributed by atoms with E-state index >= 15 is 0 Å². The number of imidazole rings is 1. The van der Waals surface area contributed by atoms with Gasteiger partial charge in [0.05, 0.1) is 13.2 Å². The second-order valence-corrected chi connectivity index (χ2v) is 2.54. The number of nitrogens with one attached hydrogen (secondary N) is 2. The molecule has 1 aliphatic rings. The average molecular weight is 169 g/mol. The summed E-state index contributed by atoms with van der Waals surface area (Å²) in [7, 11) is 0. The summed E-state index contributed by atoms with van der Waals surface area (Å²) < 4.78 is 5.01. The van der Waals surface area contributed by atoms with E-state index in [-0.39, 0.29) is 0 Å². The van der Waals surface area contributed by atoms with E-state index in [4.69, 9.17) is 4.74 Å². The number of ether oxygens (including phenoxy) is 1. The number of hydrogen-bond acceptors (Lipinski definition) is 3. The summed E-state index contributed by atoms with van der Waals surface area (Å²) in [6.07, 6.45) is 3.53. The lowest BCUT2D eigenvalue weighted by molar-refractivity contribution is 0.109. The Kier molecular flexibility index (Phi) is 4.41. The molecular formula is C8H15N3O. The third-order valence-electron chi connectivity index (χ3n) is 1.48. The molecule has 0 aromatic carbocycles. The van der Waals surface area contributed by atoms with Crippen LogP contribution < -0.4 is 5.32 Å². The van der Waals surface area contributed by atoms with E-state index in [9.17, 15) is 0 Å². The number of rotatable bonds is 0. The van der Waals surface area contributed by atoms with Gasteiger partial charge in [-0.1, -0.05) is 0 Å². The van der Waals surface area contributed by atoms with E-state index in [0.29, 0.717) is 0 Å². The van der Waals surface area contributed by atoms with Crippen LogP contribution >= 0.6 is 0 Å². The smallest absolute Gasteiger partial charge is 0.102 e. The van der Waals surface area contributed by atoms with Crippen molar-refractivity contribution in [3.8, 4) is 0 Å². The number of hydrogen-bond donors (Lipinski definition) is 2. The van der Waals surface area contributed by atoms with Crippen molar-refractivity contribution in [3.05, 3.63) is 18.2 Å². The van der Waals surface area contributed by atoms with E-state index < -0.39 is 0 Å².